The molecule has 0 aliphatic rings. The zero-order valence-corrected chi connectivity index (χ0v) is 25.8. The second kappa shape index (κ2) is 10.1. The van der Waals surface area contributed by atoms with Gasteiger partial charge in [0.1, 0.15) is 44.9 Å². The molecule has 5 heterocycles. The minimum Gasteiger partial charge on any atom is -0.455 e. The van der Waals surface area contributed by atoms with E-state index >= 15 is 0 Å². The Hall–Kier alpha value is -5.44. The van der Waals surface area contributed by atoms with Crippen molar-refractivity contribution in [3.8, 4) is 56.1 Å². The normalized spacial score (nSPS) is 11.5. The van der Waals surface area contributed by atoms with Crippen molar-refractivity contribution >= 4 is 75.7 Å². The number of furan rings is 2. The van der Waals surface area contributed by atoms with Crippen LogP contribution in [0.25, 0.3) is 85.6 Å². The van der Waals surface area contributed by atoms with Gasteiger partial charge in [0.25, 0.3) is 0 Å². The van der Waals surface area contributed by atoms with Gasteiger partial charge in [0.2, 0.25) is 0 Å². The standard InChI is InChI=1S/C38H18N2O2S3/c39-19-25-5-15-35(43-25)33-13-11-31(41-33)23-3-7-27-21(17-23)1-9-29-30-10-2-22-18-24(4-8-28(22)38(30)45-37(27)29)32-12-14-34(42-32)36-16-6-26(20-40)44-36/h1-18H. The summed E-state index contributed by atoms with van der Waals surface area (Å²) in [6, 6.07) is 41.7. The highest BCUT2D eigenvalue weighted by molar-refractivity contribution is 7.27. The molecule has 0 aliphatic carbocycles. The quantitative estimate of drug-likeness (QED) is 0.194. The minimum absolute atomic E-state index is 0.673. The molecule has 5 aromatic heterocycles. The smallest absolute Gasteiger partial charge is 0.144 e. The van der Waals surface area contributed by atoms with E-state index in [-0.39, 0.29) is 0 Å². The number of nitriles is 2. The van der Waals surface area contributed by atoms with Crippen molar-refractivity contribution in [3.05, 3.63) is 119 Å². The Morgan fingerprint density at radius 2 is 0.867 bits per heavy atom. The van der Waals surface area contributed by atoms with E-state index in [9.17, 15) is 10.5 Å². The van der Waals surface area contributed by atoms with Crippen LogP contribution in [-0.4, -0.2) is 0 Å². The number of thiophene rings is 3. The lowest BCUT2D eigenvalue weighted by atomic mass is 10.0. The van der Waals surface area contributed by atoms with Gasteiger partial charge in [-0.2, -0.15) is 10.5 Å². The molecule has 0 bridgehead atoms. The van der Waals surface area contributed by atoms with Gasteiger partial charge in [0, 0.05) is 31.3 Å². The van der Waals surface area contributed by atoms with Crippen molar-refractivity contribution < 1.29 is 8.83 Å². The van der Waals surface area contributed by atoms with E-state index in [1.165, 1.54) is 64.4 Å². The summed E-state index contributed by atoms with van der Waals surface area (Å²) in [5.41, 5.74) is 2.05. The van der Waals surface area contributed by atoms with E-state index in [2.05, 4.69) is 72.8 Å². The summed E-state index contributed by atoms with van der Waals surface area (Å²) in [6.45, 7) is 0. The maximum Gasteiger partial charge on any atom is 0.144 e. The van der Waals surface area contributed by atoms with Crippen molar-refractivity contribution in [2.24, 2.45) is 0 Å². The Labute approximate surface area is 268 Å². The molecule has 4 aromatic carbocycles. The van der Waals surface area contributed by atoms with Crippen LogP contribution in [0.1, 0.15) is 9.75 Å². The predicted molar refractivity (Wildman–Crippen MR) is 186 cm³/mol. The molecule has 210 valence electrons. The summed E-state index contributed by atoms with van der Waals surface area (Å²) in [5, 5.41) is 25.6. The fraction of sp³-hybridized carbons (Fsp3) is 0. The van der Waals surface area contributed by atoms with E-state index in [1.807, 2.05) is 59.9 Å². The van der Waals surface area contributed by atoms with Crippen LogP contribution in [0.15, 0.2) is 118 Å². The number of rotatable bonds is 4. The average molecular weight is 631 g/mol. The van der Waals surface area contributed by atoms with Crippen LogP contribution in [0.4, 0.5) is 0 Å². The first kappa shape index (κ1) is 26.0. The topological polar surface area (TPSA) is 73.9 Å². The summed E-state index contributed by atoms with van der Waals surface area (Å²) < 4.78 is 15.0. The Morgan fingerprint density at radius 1 is 0.422 bits per heavy atom. The molecule has 0 fully saturated rings. The number of hydrogen-bond donors (Lipinski definition) is 0. The molecule has 0 saturated heterocycles. The molecule has 9 rings (SSSR count). The first-order valence-corrected chi connectivity index (χ1v) is 16.6. The van der Waals surface area contributed by atoms with Crippen LogP contribution in [-0.2, 0) is 0 Å². The van der Waals surface area contributed by atoms with Crippen molar-refractivity contribution in [1.82, 2.24) is 0 Å². The first-order chi connectivity index (χ1) is 22.1. The van der Waals surface area contributed by atoms with Gasteiger partial charge in [-0.25, -0.2) is 0 Å². The van der Waals surface area contributed by atoms with E-state index in [4.69, 9.17) is 8.83 Å². The third-order valence-corrected chi connectivity index (χ3v) is 11.4. The molecular formula is C38H18N2O2S3. The second-order valence-corrected chi connectivity index (χ2v) is 13.9. The summed E-state index contributed by atoms with van der Waals surface area (Å²) in [6.07, 6.45) is 0. The number of hydrogen-bond acceptors (Lipinski definition) is 7. The van der Waals surface area contributed by atoms with Crippen LogP contribution >= 0.6 is 34.0 Å². The van der Waals surface area contributed by atoms with E-state index in [0.717, 1.165) is 43.9 Å². The molecular weight excluding hydrogens is 613 g/mol. The van der Waals surface area contributed by atoms with Crippen molar-refractivity contribution in [3.63, 3.8) is 0 Å². The third kappa shape index (κ3) is 4.22. The molecule has 9 aromatic rings. The molecule has 0 amide bonds. The molecule has 4 nitrogen and oxygen atoms in total. The Morgan fingerprint density at radius 3 is 1.31 bits per heavy atom. The van der Waals surface area contributed by atoms with Gasteiger partial charge in [0.15, 0.2) is 0 Å². The van der Waals surface area contributed by atoms with Crippen molar-refractivity contribution in [1.29, 1.82) is 10.5 Å². The number of benzene rings is 4. The van der Waals surface area contributed by atoms with Gasteiger partial charge in [0.05, 0.1) is 9.75 Å². The fourth-order valence-corrected chi connectivity index (χ4v) is 8.87. The lowest BCUT2D eigenvalue weighted by Gasteiger charge is -2.04. The molecule has 0 aliphatic heterocycles. The summed E-state index contributed by atoms with van der Waals surface area (Å²) >= 11 is 4.71. The highest BCUT2D eigenvalue weighted by atomic mass is 32.1. The maximum atomic E-state index is 9.17. The number of fused-ring (bicyclic) bond motifs is 7. The van der Waals surface area contributed by atoms with Crippen LogP contribution < -0.4 is 0 Å². The molecule has 45 heavy (non-hydrogen) atoms. The van der Waals surface area contributed by atoms with Crippen LogP contribution in [0.2, 0.25) is 0 Å². The van der Waals surface area contributed by atoms with Crippen LogP contribution in [0.3, 0.4) is 0 Å². The molecule has 0 spiro atoms. The summed E-state index contributed by atoms with van der Waals surface area (Å²) in [5.74, 6) is 3.16. The van der Waals surface area contributed by atoms with Crippen LogP contribution in [0, 0.1) is 22.7 Å². The molecule has 0 atom stereocenters. The lowest BCUT2D eigenvalue weighted by molar-refractivity contribution is 0.598. The molecule has 0 unspecified atom stereocenters. The lowest BCUT2D eigenvalue weighted by Crippen LogP contribution is -1.78. The zero-order valence-electron chi connectivity index (χ0n) is 23.3. The maximum absolute atomic E-state index is 9.17. The minimum atomic E-state index is 0.673. The van der Waals surface area contributed by atoms with E-state index in [1.54, 1.807) is 0 Å². The van der Waals surface area contributed by atoms with Gasteiger partial charge in [-0.05, 0) is 82.2 Å². The molecule has 7 heteroatoms. The SMILES string of the molecule is N#Cc1ccc(-c2ccc(-c3ccc4c(ccc5c6ccc7cc(-c8ccc(-c9ccc(C#N)s9)o8)ccc7c6sc45)c3)o2)s1. The van der Waals surface area contributed by atoms with Gasteiger partial charge in [-0.15, -0.1) is 34.0 Å². The van der Waals surface area contributed by atoms with Crippen LogP contribution in [0.5, 0.6) is 0 Å². The highest BCUT2D eigenvalue weighted by Gasteiger charge is 2.15. The highest BCUT2D eigenvalue weighted by Crippen LogP contribution is 2.43. The Balaban J connectivity index is 1.09. The second-order valence-electron chi connectivity index (χ2n) is 10.7. The Bertz CT molecular complexity index is 2520. The summed E-state index contributed by atoms with van der Waals surface area (Å²) in [4.78, 5) is 3.25. The van der Waals surface area contributed by atoms with Crippen molar-refractivity contribution in [2.45, 2.75) is 0 Å². The predicted octanol–water partition coefficient (Wildman–Crippen LogP) is 12.1. The van der Waals surface area contributed by atoms with Gasteiger partial charge in [-0.3, -0.25) is 0 Å². The number of nitrogens with zero attached hydrogens (tertiary/aromatic N) is 2. The molecule has 0 radical (unpaired) electrons. The van der Waals surface area contributed by atoms with Crippen molar-refractivity contribution in [2.75, 3.05) is 0 Å². The zero-order chi connectivity index (χ0) is 30.1. The van der Waals surface area contributed by atoms with Gasteiger partial charge < -0.3 is 8.83 Å². The first-order valence-electron chi connectivity index (χ1n) is 14.2. The van der Waals surface area contributed by atoms with E-state index in [0.29, 0.717) is 9.75 Å². The largest absolute Gasteiger partial charge is 0.455 e. The van der Waals surface area contributed by atoms with Gasteiger partial charge in [-0.1, -0.05) is 48.5 Å². The molecule has 0 saturated carbocycles. The van der Waals surface area contributed by atoms with E-state index < -0.39 is 0 Å². The average Bonchev–Trinajstić information content (AvgIpc) is 3.92. The fourth-order valence-electron chi connectivity index (χ4n) is 5.97. The summed E-state index contributed by atoms with van der Waals surface area (Å²) in [7, 11) is 0. The monoisotopic (exact) mass is 630 g/mol. The molecule has 0 N–H and O–H groups in total. The Kier molecular flexibility index (Phi) is 5.81. The van der Waals surface area contributed by atoms with Gasteiger partial charge >= 0.3 is 0 Å². The third-order valence-electron chi connectivity index (χ3n) is 8.13.